The Bertz CT molecular complexity index is 690. The van der Waals surface area contributed by atoms with Crippen molar-refractivity contribution in [3.63, 3.8) is 0 Å². The zero-order chi connectivity index (χ0) is 17.0. The van der Waals surface area contributed by atoms with E-state index in [9.17, 15) is 18.0 Å². The molecule has 9 heteroatoms. The van der Waals surface area contributed by atoms with Gasteiger partial charge in [-0.05, 0) is 24.3 Å². The summed E-state index contributed by atoms with van der Waals surface area (Å²) in [6.45, 7) is 0.415. The lowest BCUT2D eigenvalue weighted by Crippen LogP contribution is -2.38. The van der Waals surface area contributed by atoms with Crippen molar-refractivity contribution in [1.82, 2.24) is 10.0 Å². The van der Waals surface area contributed by atoms with Crippen LogP contribution in [-0.2, 0) is 19.6 Å². The molecule has 1 aliphatic heterocycles. The molecule has 2 rings (SSSR count). The van der Waals surface area contributed by atoms with Crippen LogP contribution in [0.1, 0.15) is 12.8 Å². The van der Waals surface area contributed by atoms with Gasteiger partial charge in [0.1, 0.15) is 0 Å². The second kappa shape index (κ2) is 7.29. The molecule has 23 heavy (non-hydrogen) atoms. The van der Waals surface area contributed by atoms with Crippen LogP contribution in [0.3, 0.4) is 0 Å². The maximum atomic E-state index is 12.0. The largest absolute Gasteiger partial charge is 0.351 e. The van der Waals surface area contributed by atoms with Crippen molar-refractivity contribution in [3.8, 4) is 0 Å². The molecule has 7 nitrogen and oxygen atoms in total. The Labute approximate surface area is 140 Å². The highest BCUT2D eigenvalue weighted by molar-refractivity contribution is 7.88. The fraction of sp³-hybridized carbons (Fsp3) is 0.429. The molecule has 0 unspecified atom stereocenters. The molecular formula is C14H18ClN3O4S. The highest BCUT2D eigenvalue weighted by Gasteiger charge is 2.31. The average molecular weight is 360 g/mol. The Hall–Kier alpha value is -1.64. The van der Waals surface area contributed by atoms with Crippen LogP contribution >= 0.6 is 11.6 Å². The predicted molar refractivity (Wildman–Crippen MR) is 87.8 cm³/mol. The van der Waals surface area contributed by atoms with Crippen LogP contribution in [0.2, 0.25) is 5.02 Å². The number of hydrogen-bond acceptors (Lipinski definition) is 4. The number of nitrogens with zero attached hydrogens (tertiary/aromatic N) is 1. The SMILES string of the molecule is CS(=O)(=O)NCCC(=O)N[C@@H]1CC(=O)N(c2ccc(Cl)cc2)C1. The number of sulfonamides is 1. The molecule has 1 fully saturated rings. The van der Waals surface area contributed by atoms with E-state index < -0.39 is 10.0 Å². The highest BCUT2D eigenvalue weighted by atomic mass is 35.5. The summed E-state index contributed by atoms with van der Waals surface area (Å²) < 4.78 is 24.1. The standard InChI is InChI=1S/C14H18ClN3O4S/c1-23(21,22)16-7-6-13(19)17-11-8-14(20)18(9-11)12-4-2-10(15)3-5-12/h2-5,11,16H,6-9H2,1H3,(H,17,19)/t11-/m1/s1. The molecule has 1 aromatic carbocycles. The zero-order valence-corrected chi connectivity index (χ0v) is 14.2. The van der Waals surface area contributed by atoms with Gasteiger partial charge in [-0.1, -0.05) is 11.6 Å². The number of carbonyl (C=O) groups excluding carboxylic acids is 2. The first-order valence-corrected chi connectivity index (χ1v) is 9.31. The van der Waals surface area contributed by atoms with E-state index in [1.165, 1.54) is 0 Å². The molecule has 0 aromatic heterocycles. The number of rotatable bonds is 6. The molecule has 1 atom stereocenters. The van der Waals surface area contributed by atoms with Crippen LogP contribution in [0.4, 0.5) is 5.69 Å². The Morgan fingerprint density at radius 2 is 2.00 bits per heavy atom. The summed E-state index contributed by atoms with van der Waals surface area (Å²) in [4.78, 5) is 25.4. The number of nitrogens with one attached hydrogen (secondary N) is 2. The van der Waals surface area contributed by atoms with Gasteiger partial charge in [0, 0.05) is 36.6 Å². The van der Waals surface area contributed by atoms with Crippen LogP contribution < -0.4 is 14.9 Å². The van der Waals surface area contributed by atoms with Gasteiger partial charge in [-0.25, -0.2) is 13.1 Å². The number of benzene rings is 1. The topological polar surface area (TPSA) is 95.6 Å². The van der Waals surface area contributed by atoms with Crippen molar-refractivity contribution < 1.29 is 18.0 Å². The smallest absolute Gasteiger partial charge is 0.229 e. The second-order valence-corrected chi connectivity index (χ2v) is 7.64. The van der Waals surface area contributed by atoms with E-state index in [4.69, 9.17) is 11.6 Å². The normalized spacial score (nSPS) is 18.3. The van der Waals surface area contributed by atoms with Crippen molar-refractivity contribution in [1.29, 1.82) is 0 Å². The molecule has 0 spiro atoms. The van der Waals surface area contributed by atoms with Crippen molar-refractivity contribution >= 4 is 39.1 Å². The van der Waals surface area contributed by atoms with Gasteiger partial charge in [0.25, 0.3) is 0 Å². The molecule has 0 radical (unpaired) electrons. The van der Waals surface area contributed by atoms with Gasteiger partial charge >= 0.3 is 0 Å². The third-order valence-electron chi connectivity index (χ3n) is 3.34. The summed E-state index contributed by atoms with van der Waals surface area (Å²) in [5.41, 5.74) is 0.731. The van der Waals surface area contributed by atoms with Crippen molar-refractivity contribution in [2.45, 2.75) is 18.9 Å². The Kier molecular flexibility index (Phi) is 5.61. The van der Waals surface area contributed by atoms with E-state index in [0.717, 1.165) is 11.9 Å². The van der Waals surface area contributed by atoms with Gasteiger partial charge in [0.05, 0.1) is 12.3 Å². The van der Waals surface area contributed by atoms with Gasteiger partial charge in [-0.3, -0.25) is 9.59 Å². The minimum atomic E-state index is -3.31. The number of amides is 2. The molecule has 0 saturated carbocycles. The van der Waals surface area contributed by atoms with Gasteiger partial charge in [-0.15, -0.1) is 0 Å². The van der Waals surface area contributed by atoms with Crippen LogP contribution in [0.5, 0.6) is 0 Å². The number of hydrogen-bond donors (Lipinski definition) is 2. The number of carbonyl (C=O) groups is 2. The lowest BCUT2D eigenvalue weighted by Gasteiger charge is -2.17. The maximum Gasteiger partial charge on any atom is 0.229 e. The summed E-state index contributed by atoms with van der Waals surface area (Å²) in [6.07, 6.45) is 1.27. The summed E-state index contributed by atoms with van der Waals surface area (Å²) >= 11 is 5.82. The van der Waals surface area contributed by atoms with E-state index in [-0.39, 0.29) is 37.2 Å². The van der Waals surface area contributed by atoms with Crippen LogP contribution in [-0.4, -0.2) is 45.6 Å². The molecule has 1 saturated heterocycles. The highest BCUT2D eigenvalue weighted by Crippen LogP contribution is 2.23. The number of anilines is 1. The Morgan fingerprint density at radius 1 is 1.35 bits per heavy atom. The van der Waals surface area contributed by atoms with Gasteiger partial charge in [0.15, 0.2) is 0 Å². The first-order valence-electron chi connectivity index (χ1n) is 7.04. The first kappa shape index (κ1) is 17.7. The summed E-state index contributed by atoms with van der Waals surface area (Å²) in [5, 5.41) is 3.33. The number of halogens is 1. The Morgan fingerprint density at radius 3 is 2.61 bits per heavy atom. The van der Waals surface area contributed by atoms with Gasteiger partial charge in [0.2, 0.25) is 21.8 Å². The predicted octanol–water partition coefficient (Wildman–Crippen LogP) is 0.501. The summed E-state index contributed by atoms with van der Waals surface area (Å²) in [5.74, 6) is -0.371. The fourth-order valence-corrected chi connectivity index (χ4v) is 2.92. The van der Waals surface area contributed by atoms with E-state index in [1.807, 2.05) is 0 Å². The van der Waals surface area contributed by atoms with Crippen LogP contribution in [0, 0.1) is 0 Å². The van der Waals surface area contributed by atoms with E-state index in [1.54, 1.807) is 29.2 Å². The summed E-state index contributed by atoms with van der Waals surface area (Å²) in [7, 11) is -3.31. The van der Waals surface area contributed by atoms with Crippen molar-refractivity contribution in [3.05, 3.63) is 29.3 Å². The molecular weight excluding hydrogens is 342 g/mol. The fourth-order valence-electron chi connectivity index (χ4n) is 2.32. The molecule has 0 aliphatic carbocycles. The van der Waals surface area contributed by atoms with Crippen molar-refractivity contribution in [2.75, 3.05) is 24.2 Å². The molecule has 2 N–H and O–H groups in total. The second-order valence-electron chi connectivity index (χ2n) is 5.37. The van der Waals surface area contributed by atoms with E-state index >= 15 is 0 Å². The Balaban J connectivity index is 1.85. The van der Waals surface area contributed by atoms with Crippen LogP contribution in [0.25, 0.3) is 0 Å². The quantitative estimate of drug-likeness (QED) is 0.773. The third kappa shape index (κ3) is 5.49. The summed E-state index contributed by atoms with van der Waals surface area (Å²) in [6, 6.07) is 6.62. The molecule has 2 amide bonds. The van der Waals surface area contributed by atoms with Gasteiger partial charge in [-0.2, -0.15) is 0 Å². The lowest BCUT2D eigenvalue weighted by molar-refractivity contribution is -0.121. The molecule has 0 bridgehead atoms. The van der Waals surface area contributed by atoms with Gasteiger partial charge < -0.3 is 10.2 Å². The zero-order valence-electron chi connectivity index (χ0n) is 12.6. The minimum Gasteiger partial charge on any atom is -0.351 e. The lowest BCUT2D eigenvalue weighted by atomic mass is 10.2. The monoisotopic (exact) mass is 359 g/mol. The van der Waals surface area contributed by atoms with E-state index in [0.29, 0.717) is 11.6 Å². The third-order valence-corrected chi connectivity index (χ3v) is 4.33. The molecule has 1 heterocycles. The van der Waals surface area contributed by atoms with Crippen LogP contribution in [0.15, 0.2) is 24.3 Å². The maximum absolute atomic E-state index is 12.0. The molecule has 1 aliphatic rings. The molecule has 1 aromatic rings. The van der Waals surface area contributed by atoms with E-state index in [2.05, 4.69) is 10.0 Å². The average Bonchev–Trinajstić information content (AvgIpc) is 2.79. The molecule has 126 valence electrons. The first-order chi connectivity index (χ1) is 10.7. The minimum absolute atomic E-state index is 0.0265. The van der Waals surface area contributed by atoms with Crippen molar-refractivity contribution in [2.24, 2.45) is 0 Å².